The van der Waals surface area contributed by atoms with Gasteiger partial charge in [0.25, 0.3) is 0 Å². The van der Waals surface area contributed by atoms with Crippen LogP contribution in [0.15, 0.2) is 6.07 Å². The topological polar surface area (TPSA) is 114 Å². The highest BCUT2D eigenvalue weighted by molar-refractivity contribution is 5.83. The molecule has 1 heterocycles. The van der Waals surface area contributed by atoms with Gasteiger partial charge in [-0.2, -0.15) is 5.90 Å². The fourth-order valence-corrected chi connectivity index (χ4v) is 3.45. The molecule has 0 unspecified atom stereocenters. The van der Waals surface area contributed by atoms with Gasteiger partial charge in [0.1, 0.15) is 11.9 Å². The van der Waals surface area contributed by atoms with Crippen LogP contribution in [0, 0.1) is 19.8 Å². The minimum Gasteiger partial charge on any atom is -0.455 e. The van der Waals surface area contributed by atoms with Crippen molar-refractivity contribution in [3.05, 3.63) is 28.3 Å². The van der Waals surface area contributed by atoms with Gasteiger partial charge in [-0.15, -0.1) is 0 Å². The van der Waals surface area contributed by atoms with Crippen molar-refractivity contribution in [3.8, 4) is 5.75 Å². The van der Waals surface area contributed by atoms with Gasteiger partial charge in [0.15, 0.2) is 5.66 Å². The number of ether oxygens (including phenoxy) is 1. The van der Waals surface area contributed by atoms with E-state index in [2.05, 4.69) is 0 Å². The molecule has 0 aromatic heterocycles. The average molecular weight is 277 g/mol. The zero-order valence-corrected chi connectivity index (χ0v) is 11.6. The van der Waals surface area contributed by atoms with Crippen molar-refractivity contribution in [1.29, 1.82) is 0 Å². The maximum Gasteiger partial charge on any atom is 0.342 e. The van der Waals surface area contributed by atoms with Crippen molar-refractivity contribution in [2.24, 2.45) is 23.3 Å². The Morgan fingerprint density at radius 2 is 2.10 bits per heavy atom. The molecule has 1 aliphatic heterocycles. The van der Waals surface area contributed by atoms with E-state index in [4.69, 9.17) is 26.9 Å². The van der Waals surface area contributed by atoms with E-state index in [1.54, 1.807) is 0 Å². The minimum absolute atomic E-state index is 0.214. The first-order valence-electron chi connectivity index (χ1n) is 6.66. The zero-order chi connectivity index (χ0) is 14.7. The fourth-order valence-electron chi connectivity index (χ4n) is 3.45. The molecule has 2 aliphatic rings. The van der Waals surface area contributed by atoms with E-state index in [0.29, 0.717) is 5.75 Å². The first kappa shape index (κ1) is 13.4. The normalized spacial score (nSPS) is 26.8. The minimum atomic E-state index is -1.41. The van der Waals surface area contributed by atoms with Gasteiger partial charge >= 0.3 is 5.97 Å². The highest BCUT2D eigenvalue weighted by Gasteiger charge is 2.55. The Morgan fingerprint density at radius 1 is 1.40 bits per heavy atom. The first-order chi connectivity index (χ1) is 9.37. The third-order valence-electron chi connectivity index (χ3n) is 4.61. The predicted molar refractivity (Wildman–Crippen MR) is 72.5 cm³/mol. The maximum absolute atomic E-state index is 11.9. The van der Waals surface area contributed by atoms with Crippen LogP contribution >= 0.6 is 0 Å². The molecule has 0 spiro atoms. The van der Waals surface area contributed by atoms with Crippen molar-refractivity contribution < 1.29 is 14.4 Å². The van der Waals surface area contributed by atoms with E-state index in [0.717, 1.165) is 29.5 Å². The molecule has 0 radical (unpaired) electrons. The fraction of sp³-hybridized carbons (Fsp3) is 0.500. The summed E-state index contributed by atoms with van der Waals surface area (Å²) in [5, 5.41) is 0. The molecule has 20 heavy (non-hydrogen) atoms. The Balaban J connectivity index is 2.19. The lowest BCUT2D eigenvalue weighted by molar-refractivity contribution is -0.145. The van der Waals surface area contributed by atoms with E-state index in [-0.39, 0.29) is 5.92 Å². The second-order valence-electron chi connectivity index (χ2n) is 5.73. The van der Waals surface area contributed by atoms with E-state index < -0.39 is 17.7 Å². The average Bonchev–Trinajstić information content (AvgIpc) is 2.64. The van der Waals surface area contributed by atoms with Gasteiger partial charge in [0.05, 0.1) is 0 Å². The molecule has 0 bridgehead atoms. The lowest BCUT2D eigenvalue weighted by atomic mass is 9.74. The highest BCUT2D eigenvalue weighted by Crippen LogP contribution is 2.49. The summed E-state index contributed by atoms with van der Waals surface area (Å²) in [6.07, 6.45) is 1.15. The molecule has 1 fully saturated rings. The molecule has 6 heteroatoms. The number of benzene rings is 1. The Bertz CT molecular complexity index is 598. The van der Waals surface area contributed by atoms with Crippen molar-refractivity contribution in [1.82, 2.24) is 0 Å². The summed E-state index contributed by atoms with van der Waals surface area (Å²) in [4.78, 5) is 16.8. The van der Waals surface area contributed by atoms with Gasteiger partial charge in [-0.3, -0.25) is 0 Å². The molecule has 2 atom stereocenters. The Kier molecular flexibility index (Phi) is 2.79. The van der Waals surface area contributed by atoms with Crippen LogP contribution in [-0.4, -0.2) is 11.6 Å². The molecule has 3 rings (SSSR count). The van der Waals surface area contributed by atoms with E-state index in [1.165, 1.54) is 5.56 Å². The van der Waals surface area contributed by atoms with Gasteiger partial charge < -0.3 is 21.0 Å². The molecular formula is C14H19N3O3. The molecule has 0 amide bonds. The molecular weight excluding hydrogens is 258 g/mol. The van der Waals surface area contributed by atoms with Gasteiger partial charge in [-0.25, -0.2) is 4.79 Å². The predicted octanol–water partition coefficient (Wildman–Crippen LogP) is 0.330. The Labute approximate surface area is 117 Å². The third kappa shape index (κ3) is 1.59. The molecule has 6 nitrogen and oxygen atoms in total. The number of esters is 1. The van der Waals surface area contributed by atoms with Crippen LogP contribution < -0.4 is 22.2 Å². The summed E-state index contributed by atoms with van der Waals surface area (Å²) >= 11 is 0. The number of rotatable bonds is 1. The summed E-state index contributed by atoms with van der Waals surface area (Å²) < 4.78 is 5.46. The molecule has 1 saturated heterocycles. The molecule has 1 aromatic rings. The number of hydrogen-bond acceptors (Lipinski definition) is 6. The van der Waals surface area contributed by atoms with Crippen LogP contribution in [0.25, 0.3) is 0 Å². The monoisotopic (exact) mass is 277 g/mol. The smallest absolute Gasteiger partial charge is 0.342 e. The largest absolute Gasteiger partial charge is 0.455 e. The number of fused-ring (bicyclic) bond motifs is 3. The van der Waals surface area contributed by atoms with Crippen molar-refractivity contribution in [2.75, 3.05) is 0 Å². The number of carbonyl (C=O) groups excluding carboxylic acids is 1. The van der Waals surface area contributed by atoms with Crippen LogP contribution in [0.1, 0.15) is 34.8 Å². The molecule has 1 aromatic carbocycles. The van der Waals surface area contributed by atoms with Crippen molar-refractivity contribution in [2.45, 2.75) is 38.5 Å². The van der Waals surface area contributed by atoms with Crippen LogP contribution in [0.2, 0.25) is 0 Å². The number of aryl methyl sites for hydroxylation is 1. The standard InChI is InChI=1S/C14H19N3O3/c1-6-5-10(20-17)7(2)11-8(6)3-4-9-12(11)19-13(18)14(9,15)16/h5,9,12H,3-4,15-17H2,1-2H3/t9-,12-/m1/s1. The van der Waals surface area contributed by atoms with E-state index in [9.17, 15) is 4.79 Å². The maximum atomic E-state index is 11.9. The van der Waals surface area contributed by atoms with Gasteiger partial charge in [0, 0.05) is 17.0 Å². The van der Waals surface area contributed by atoms with Crippen LogP contribution in [-0.2, 0) is 16.0 Å². The quantitative estimate of drug-likeness (QED) is 0.387. The molecule has 108 valence electrons. The summed E-state index contributed by atoms with van der Waals surface area (Å²) in [6, 6.07) is 1.91. The number of hydrogen-bond donors (Lipinski definition) is 3. The highest BCUT2D eigenvalue weighted by atomic mass is 16.6. The van der Waals surface area contributed by atoms with Crippen LogP contribution in [0.3, 0.4) is 0 Å². The lowest BCUT2D eigenvalue weighted by Crippen LogP contribution is -2.58. The van der Waals surface area contributed by atoms with E-state index >= 15 is 0 Å². The SMILES string of the molecule is Cc1cc(ON)c(C)c2c1CC[C@@H]1[C@H]2OC(=O)C1(N)N. The van der Waals surface area contributed by atoms with Crippen molar-refractivity contribution in [3.63, 3.8) is 0 Å². The summed E-state index contributed by atoms with van der Waals surface area (Å²) in [7, 11) is 0. The summed E-state index contributed by atoms with van der Waals surface area (Å²) in [5.74, 6) is 5.14. The zero-order valence-electron chi connectivity index (χ0n) is 11.6. The van der Waals surface area contributed by atoms with Crippen LogP contribution in [0.5, 0.6) is 5.75 Å². The van der Waals surface area contributed by atoms with Crippen molar-refractivity contribution >= 4 is 5.97 Å². The van der Waals surface area contributed by atoms with Crippen LogP contribution in [0.4, 0.5) is 0 Å². The van der Waals surface area contributed by atoms with Gasteiger partial charge in [-0.1, -0.05) is 0 Å². The van der Waals surface area contributed by atoms with E-state index in [1.807, 2.05) is 19.9 Å². The second-order valence-corrected chi connectivity index (χ2v) is 5.73. The Hall–Kier alpha value is -1.63. The molecule has 1 aliphatic carbocycles. The lowest BCUT2D eigenvalue weighted by Gasteiger charge is -2.33. The van der Waals surface area contributed by atoms with Gasteiger partial charge in [-0.05, 0) is 43.9 Å². The Morgan fingerprint density at radius 3 is 2.75 bits per heavy atom. The summed E-state index contributed by atoms with van der Waals surface area (Å²) in [6.45, 7) is 3.90. The van der Waals surface area contributed by atoms with Gasteiger partial charge in [0.2, 0.25) is 0 Å². The first-order valence-corrected chi connectivity index (χ1v) is 6.66. The molecule has 0 saturated carbocycles. The number of carbonyl (C=O) groups is 1. The second kappa shape index (κ2) is 4.18. The number of nitrogens with two attached hydrogens (primary N) is 3. The third-order valence-corrected chi connectivity index (χ3v) is 4.61. The molecule has 6 N–H and O–H groups in total. The summed E-state index contributed by atoms with van der Waals surface area (Å²) in [5.41, 5.74) is 14.6.